The Labute approximate surface area is 132 Å². The van der Waals surface area contributed by atoms with Gasteiger partial charge in [-0.3, -0.25) is 4.79 Å². The second-order valence-electron chi connectivity index (χ2n) is 6.72. The SMILES string of the molecule is CC(C)CC1CCN(C(=O)c2ccc3c(c2)OCCO3)CC1. The molecular formula is C18H25NO3. The van der Waals surface area contributed by atoms with Gasteiger partial charge in [-0.1, -0.05) is 13.8 Å². The third kappa shape index (κ3) is 3.37. The van der Waals surface area contributed by atoms with Crippen LogP contribution in [0.3, 0.4) is 0 Å². The van der Waals surface area contributed by atoms with Crippen molar-refractivity contribution in [3.05, 3.63) is 23.8 Å². The first kappa shape index (κ1) is 15.2. The lowest BCUT2D eigenvalue weighted by molar-refractivity contribution is 0.0680. The molecule has 0 radical (unpaired) electrons. The zero-order valence-electron chi connectivity index (χ0n) is 13.5. The van der Waals surface area contributed by atoms with E-state index in [1.807, 2.05) is 23.1 Å². The molecule has 22 heavy (non-hydrogen) atoms. The minimum atomic E-state index is 0.111. The van der Waals surface area contributed by atoms with E-state index in [0.717, 1.165) is 43.5 Å². The number of nitrogens with zero attached hydrogens (tertiary/aromatic N) is 1. The minimum Gasteiger partial charge on any atom is -0.486 e. The van der Waals surface area contributed by atoms with Crippen molar-refractivity contribution >= 4 is 5.91 Å². The van der Waals surface area contributed by atoms with Crippen molar-refractivity contribution in [3.63, 3.8) is 0 Å². The van der Waals surface area contributed by atoms with E-state index < -0.39 is 0 Å². The number of fused-ring (bicyclic) bond motifs is 1. The lowest BCUT2D eigenvalue weighted by Crippen LogP contribution is -2.38. The maximum Gasteiger partial charge on any atom is 0.253 e. The average Bonchev–Trinajstić information content (AvgIpc) is 2.54. The quantitative estimate of drug-likeness (QED) is 0.859. The van der Waals surface area contributed by atoms with Crippen LogP contribution >= 0.6 is 0 Å². The minimum absolute atomic E-state index is 0.111. The van der Waals surface area contributed by atoms with Gasteiger partial charge in [0.1, 0.15) is 13.2 Å². The smallest absolute Gasteiger partial charge is 0.253 e. The number of hydrogen-bond acceptors (Lipinski definition) is 3. The van der Waals surface area contributed by atoms with Crippen molar-refractivity contribution in [2.45, 2.75) is 33.1 Å². The first-order chi connectivity index (χ1) is 10.6. The Bertz CT molecular complexity index is 533. The van der Waals surface area contributed by atoms with Gasteiger partial charge < -0.3 is 14.4 Å². The Morgan fingerprint density at radius 2 is 1.86 bits per heavy atom. The number of rotatable bonds is 3. The molecule has 0 unspecified atom stereocenters. The molecule has 4 nitrogen and oxygen atoms in total. The van der Waals surface area contributed by atoms with E-state index in [9.17, 15) is 4.79 Å². The molecule has 0 aromatic heterocycles. The van der Waals surface area contributed by atoms with Gasteiger partial charge in [0.25, 0.3) is 5.91 Å². The Balaban J connectivity index is 1.62. The fourth-order valence-electron chi connectivity index (χ4n) is 3.40. The highest BCUT2D eigenvalue weighted by Gasteiger charge is 2.25. The van der Waals surface area contributed by atoms with E-state index in [0.29, 0.717) is 24.5 Å². The van der Waals surface area contributed by atoms with E-state index in [-0.39, 0.29) is 5.91 Å². The van der Waals surface area contributed by atoms with Crippen molar-refractivity contribution in [2.75, 3.05) is 26.3 Å². The molecule has 0 atom stereocenters. The molecule has 1 aromatic carbocycles. The average molecular weight is 303 g/mol. The Morgan fingerprint density at radius 1 is 1.18 bits per heavy atom. The molecule has 0 bridgehead atoms. The van der Waals surface area contributed by atoms with Gasteiger partial charge in [0, 0.05) is 18.7 Å². The number of carbonyl (C=O) groups excluding carboxylic acids is 1. The topological polar surface area (TPSA) is 38.8 Å². The number of piperidine rings is 1. The summed E-state index contributed by atoms with van der Waals surface area (Å²) in [6.07, 6.45) is 3.51. The van der Waals surface area contributed by atoms with Gasteiger partial charge in [-0.2, -0.15) is 0 Å². The lowest BCUT2D eigenvalue weighted by Gasteiger charge is -2.33. The van der Waals surface area contributed by atoms with Crippen LogP contribution in [0.5, 0.6) is 11.5 Å². The van der Waals surface area contributed by atoms with Gasteiger partial charge >= 0.3 is 0 Å². The fourth-order valence-corrected chi connectivity index (χ4v) is 3.40. The van der Waals surface area contributed by atoms with Gasteiger partial charge in [-0.15, -0.1) is 0 Å². The van der Waals surface area contributed by atoms with E-state index >= 15 is 0 Å². The van der Waals surface area contributed by atoms with Crippen LogP contribution in [0.25, 0.3) is 0 Å². The zero-order chi connectivity index (χ0) is 15.5. The van der Waals surface area contributed by atoms with Gasteiger partial charge in [-0.25, -0.2) is 0 Å². The number of hydrogen-bond donors (Lipinski definition) is 0. The van der Waals surface area contributed by atoms with Gasteiger partial charge in [0.15, 0.2) is 11.5 Å². The molecule has 2 aliphatic rings. The van der Waals surface area contributed by atoms with Crippen LogP contribution in [0.1, 0.15) is 43.5 Å². The highest BCUT2D eigenvalue weighted by molar-refractivity contribution is 5.95. The van der Waals surface area contributed by atoms with Crippen molar-refractivity contribution in [1.29, 1.82) is 0 Å². The summed E-state index contributed by atoms with van der Waals surface area (Å²) >= 11 is 0. The van der Waals surface area contributed by atoms with Crippen LogP contribution in [0.4, 0.5) is 0 Å². The summed E-state index contributed by atoms with van der Waals surface area (Å²) in [5, 5.41) is 0. The van der Waals surface area contributed by atoms with Crippen LogP contribution in [-0.4, -0.2) is 37.1 Å². The number of likely N-dealkylation sites (tertiary alicyclic amines) is 1. The summed E-state index contributed by atoms with van der Waals surface area (Å²) in [5.41, 5.74) is 0.701. The summed E-state index contributed by atoms with van der Waals surface area (Å²) in [4.78, 5) is 14.6. The van der Waals surface area contributed by atoms with Crippen LogP contribution in [0.2, 0.25) is 0 Å². The molecule has 1 amide bonds. The van der Waals surface area contributed by atoms with Gasteiger partial charge in [0.2, 0.25) is 0 Å². The van der Waals surface area contributed by atoms with Crippen LogP contribution < -0.4 is 9.47 Å². The van der Waals surface area contributed by atoms with Crippen LogP contribution in [0, 0.1) is 11.8 Å². The van der Waals surface area contributed by atoms with Crippen LogP contribution in [-0.2, 0) is 0 Å². The molecule has 1 saturated heterocycles. The number of carbonyl (C=O) groups is 1. The summed E-state index contributed by atoms with van der Waals surface area (Å²) < 4.78 is 11.1. The molecule has 1 fully saturated rings. The molecule has 1 aromatic rings. The van der Waals surface area contributed by atoms with Crippen molar-refractivity contribution in [2.24, 2.45) is 11.8 Å². The molecule has 0 aliphatic carbocycles. The van der Waals surface area contributed by atoms with E-state index in [2.05, 4.69) is 13.8 Å². The molecule has 2 heterocycles. The van der Waals surface area contributed by atoms with Crippen molar-refractivity contribution in [1.82, 2.24) is 4.90 Å². The third-order valence-electron chi connectivity index (χ3n) is 4.50. The first-order valence-electron chi connectivity index (χ1n) is 8.32. The predicted molar refractivity (Wildman–Crippen MR) is 85.5 cm³/mol. The van der Waals surface area contributed by atoms with E-state index in [1.165, 1.54) is 6.42 Å². The molecular weight excluding hydrogens is 278 g/mol. The maximum absolute atomic E-state index is 12.6. The number of ether oxygens (including phenoxy) is 2. The monoisotopic (exact) mass is 303 g/mol. The van der Waals surface area contributed by atoms with Gasteiger partial charge in [0.05, 0.1) is 0 Å². The fraction of sp³-hybridized carbons (Fsp3) is 0.611. The predicted octanol–water partition coefficient (Wildman–Crippen LogP) is 3.36. The molecule has 0 spiro atoms. The third-order valence-corrected chi connectivity index (χ3v) is 4.50. The highest BCUT2D eigenvalue weighted by atomic mass is 16.6. The number of amides is 1. The lowest BCUT2D eigenvalue weighted by atomic mass is 9.88. The summed E-state index contributed by atoms with van der Waals surface area (Å²) in [6.45, 7) is 7.39. The standard InChI is InChI=1S/C18H25NO3/c1-13(2)11-14-5-7-19(8-6-14)18(20)15-3-4-16-17(12-15)22-10-9-21-16/h3-4,12-14H,5-11H2,1-2H3. The van der Waals surface area contributed by atoms with Crippen molar-refractivity contribution < 1.29 is 14.3 Å². The Morgan fingerprint density at radius 3 is 2.55 bits per heavy atom. The summed E-state index contributed by atoms with van der Waals surface area (Å²) in [6, 6.07) is 5.50. The van der Waals surface area contributed by atoms with E-state index in [1.54, 1.807) is 0 Å². The maximum atomic E-state index is 12.6. The summed E-state index contributed by atoms with van der Waals surface area (Å²) in [7, 11) is 0. The second-order valence-corrected chi connectivity index (χ2v) is 6.72. The molecule has 0 N–H and O–H groups in total. The van der Waals surface area contributed by atoms with Crippen molar-refractivity contribution in [3.8, 4) is 11.5 Å². The molecule has 0 saturated carbocycles. The number of benzene rings is 1. The summed E-state index contributed by atoms with van der Waals surface area (Å²) in [5.74, 6) is 3.04. The highest BCUT2D eigenvalue weighted by Crippen LogP contribution is 2.32. The van der Waals surface area contributed by atoms with E-state index in [4.69, 9.17) is 9.47 Å². The van der Waals surface area contributed by atoms with Crippen LogP contribution in [0.15, 0.2) is 18.2 Å². The Hall–Kier alpha value is -1.71. The second kappa shape index (κ2) is 6.59. The Kier molecular flexibility index (Phi) is 4.55. The molecule has 3 rings (SSSR count). The first-order valence-corrected chi connectivity index (χ1v) is 8.32. The molecule has 120 valence electrons. The zero-order valence-corrected chi connectivity index (χ0v) is 13.5. The molecule has 4 heteroatoms. The normalized spacial score (nSPS) is 18.6. The largest absolute Gasteiger partial charge is 0.486 e. The molecule has 2 aliphatic heterocycles. The van der Waals surface area contributed by atoms with Gasteiger partial charge in [-0.05, 0) is 49.3 Å².